The summed E-state index contributed by atoms with van der Waals surface area (Å²) in [6.45, 7) is 7.42. The number of hydrogen-bond donors (Lipinski definition) is 2. The number of aliphatic imine (C=N–C) groups is 1. The van der Waals surface area contributed by atoms with Gasteiger partial charge in [-0.3, -0.25) is 9.20 Å². The fourth-order valence-corrected chi connectivity index (χ4v) is 4.84. The molecule has 1 aliphatic carbocycles. The van der Waals surface area contributed by atoms with Crippen LogP contribution >= 0.6 is 0 Å². The minimum absolute atomic E-state index is 0.317. The highest BCUT2D eigenvalue weighted by atomic mass is 32.2. The number of rotatable bonds is 7. The van der Waals surface area contributed by atoms with Gasteiger partial charge >= 0.3 is 0 Å². The highest BCUT2D eigenvalue weighted by Crippen LogP contribution is 2.23. The molecule has 5 nitrogen and oxygen atoms in total. The van der Waals surface area contributed by atoms with Gasteiger partial charge in [0.25, 0.3) is 0 Å². The van der Waals surface area contributed by atoms with Crippen LogP contribution in [0.1, 0.15) is 43.7 Å². The zero-order valence-corrected chi connectivity index (χ0v) is 17.3. The molecule has 146 valence electrons. The van der Waals surface area contributed by atoms with E-state index in [1.807, 2.05) is 6.92 Å². The van der Waals surface area contributed by atoms with Crippen LogP contribution in [0.15, 0.2) is 23.2 Å². The van der Waals surface area contributed by atoms with E-state index in [2.05, 4.69) is 47.7 Å². The molecule has 0 bridgehead atoms. The first-order valence-electron chi connectivity index (χ1n) is 9.57. The molecule has 0 amide bonds. The maximum Gasteiger partial charge on any atom is 0.191 e. The Balaban J connectivity index is 1.74. The predicted molar refractivity (Wildman–Crippen MR) is 111 cm³/mol. The molecule has 2 N–H and O–H groups in total. The van der Waals surface area contributed by atoms with E-state index in [1.165, 1.54) is 11.1 Å². The highest BCUT2D eigenvalue weighted by molar-refractivity contribution is 7.85. The third-order valence-corrected chi connectivity index (χ3v) is 6.45. The molecule has 0 aliphatic heterocycles. The second-order valence-electron chi connectivity index (χ2n) is 6.97. The summed E-state index contributed by atoms with van der Waals surface area (Å²) in [5, 5.41) is 7.11. The first-order valence-corrected chi connectivity index (χ1v) is 11.0. The maximum atomic E-state index is 12.1. The molecule has 1 aromatic carbocycles. The van der Waals surface area contributed by atoms with Gasteiger partial charge in [-0.1, -0.05) is 19.4 Å². The van der Waals surface area contributed by atoms with Crippen LogP contribution in [0, 0.1) is 13.8 Å². The summed E-state index contributed by atoms with van der Waals surface area (Å²) >= 11 is 0. The Kier molecular flexibility index (Phi) is 8.42. The average molecular weight is 380 g/mol. The summed E-state index contributed by atoms with van der Waals surface area (Å²) < 4.78 is 17.9. The molecule has 0 saturated heterocycles. The van der Waals surface area contributed by atoms with Crippen molar-refractivity contribution in [2.75, 3.05) is 26.0 Å². The Bertz CT molecular complexity index is 613. The highest BCUT2D eigenvalue weighted by Gasteiger charge is 2.25. The lowest BCUT2D eigenvalue weighted by Crippen LogP contribution is -2.47. The first-order chi connectivity index (χ1) is 12.5. The maximum absolute atomic E-state index is 12.1. The van der Waals surface area contributed by atoms with Gasteiger partial charge in [0.1, 0.15) is 12.4 Å². The normalized spacial score (nSPS) is 21.9. The molecule has 0 spiro atoms. The Hall–Kier alpha value is -1.56. The Labute approximate surface area is 160 Å². The zero-order chi connectivity index (χ0) is 18.9. The van der Waals surface area contributed by atoms with Crippen molar-refractivity contribution in [3.8, 4) is 5.75 Å². The van der Waals surface area contributed by atoms with Gasteiger partial charge < -0.3 is 15.4 Å². The first kappa shape index (κ1) is 20.7. The van der Waals surface area contributed by atoms with Crippen LogP contribution in [0.3, 0.4) is 0 Å². The number of guanidine groups is 1. The molecule has 1 saturated carbocycles. The Morgan fingerprint density at radius 3 is 2.65 bits per heavy atom. The lowest BCUT2D eigenvalue weighted by molar-refractivity contribution is 0.320. The number of nitrogens with zero attached hydrogens (tertiary/aromatic N) is 1. The molecular weight excluding hydrogens is 346 g/mol. The molecule has 2 rings (SSSR count). The quantitative estimate of drug-likeness (QED) is 0.434. The second-order valence-corrected chi connectivity index (χ2v) is 8.98. The van der Waals surface area contributed by atoms with E-state index >= 15 is 0 Å². The number of ether oxygens (including phenoxy) is 1. The standard InChI is InChI=1S/C20H33N3O2S/c1-5-26(24)19-8-6-7-17(14-19)23-20(21-4)22-9-10-25-18-12-15(2)11-16(3)13-18/h11-13,17,19H,5-10,14H2,1-4H3,(H2,21,22,23). The van der Waals surface area contributed by atoms with E-state index in [9.17, 15) is 4.21 Å². The van der Waals surface area contributed by atoms with Crippen LogP contribution < -0.4 is 15.4 Å². The molecule has 1 aliphatic rings. The SMILES string of the molecule is CCS(=O)C1CCCC(NC(=NC)NCCOc2cc(C)cc(C)c2)C1. The van der Waals surface area contributed by atoms with E-state index < -0.39 is 10.8 Å². The largest absolute Gasteiger partial charge is 0.492 e. The molecule has 1 fully saturated rings. The third-order valence-electron chi connectivity index (χ3n) is 4.71. The molecule has 3 atom stereocenters. The predicted octanol–water partition coefficient (Wildman–Crippen LogP) is 2.93. The summed E-state index contributed by atoms with van der Waals surface area (Å²) in [5.41, 5.74) is 2.42. The lowest BCUT2D eigenvalue weighted by Gasteiger charge is -2.30. The van der Waals surface area contributed by atoms with Crippen molar-refractivity contribution in [3.63, 3.8) is 0 Å². The molecule has 6 heteroatoms. The van der Waals surface area contributed by atoms with Crippen molar-refractivity contribution in [1.82, 2.24) is 10.6 Å². The van der Waals surface area contributed by atoms with Crippen LogP contribution in [0.25, 0.3) is 0 Å². The van der Waals surface area contributed by atoms with Gasteiger partial charge in [-0.2, -0.15) is 0 Å². The van der Waals surface area contributed by atoms with Crippen LogP contribution in [0.2, 0.25) is 0 Å². The van der Waals surface area contributed by atoms with Gasteiger partial charge in [0, 0.05) is 34.9 Å². The van der Waals surface area contributed by atoms with Gasteiger partial charge in [-0.05, 0) is 56.4 Å². The molecule has 0 radical (unpaired) electrons. The number of nitrogens with one attached hydrogen (secondary N) is 2. The van der Waals surface area contributed by atoms with Crippen molar-refractivity contribution < 1.29 is 8.95 Å². The second kappa shape index (κ2) is 10.6. The minimum Gasteiger partial charge on any atom is -0.492 e. The molecule has 0 heterocycles. The molecule has 0 aromatic heterocycles. The van der Waals surface area contributed by atoms with Crippen molar-refractivity contribution in [1.29, 1.82) is 0 Å². The fourth-order valence-electron chi connectivity index (χ4n) is 3.49. The average Bonchev–Trinajstić information content (AvgIpc) is 2.63. The monoisotopic (exact) mass is 379 g/mol. The zero-order valence-electron chi connectivity index (χ0n) is 16.5. The van der Waals surface area contributed by atoms with E-state index in [4.69, 9.17) is 4.74 Å². The van der Waals surface area contributed by atoms with E-state index in [0.29, 0.717) is 24.4 Å². The summed E-state index contributed by atoms with van der Waals surface area (Å²) in [6, 6.07) is 6.59. The summed E-state index contributed by atoms with van der Waals surface area (Å²) in [5.74, 6) is 2.45. The van der Waals surface area contributed by atoms with Crippen LogP contribution in [-0.2, 0) is 10.8 Å². The molecule has 3 unspecified atom stereocenters. The summed E-state index contributed by atoms with van der Waals surface area (Å²) in [4.78, 5) is 4.31. The number of aryl methyl sites for hydroxylation is 2. The van der Waals surface area contributed by atoms with E-state index in [1.54, 1.807) is 7.05 Å². The van der Waals surface area contributed by atoms with Crippen LogP contribution in [-0.4, -0.2) is 47.4 Å². The van der Waals surface area contributed by atoms with E-state index in [0.717, 1.165) is 43.1 Å². The minimum atomic E-state index is -0.703. The topological polar surface area (TPSA) is 62.7 Å². The van der Waals surface area contributed by atoms with Gasteiger partial charge in [-0.25, -0.2) is 0 Å². The van der Waals surface area contributed by atoms with Gasteiger partial charge in [0.05, 0.1) is 6.54 Å². The van der Waals surface area contributed by atoms with Crippen molar-refractivity contribution in [2.24, 2.45) is 4.99 Å². The summed E-state index contributed by atoms with van der Waals surface area (Å²) in [6.07, 6.45) is 4.27. The summed E-state index contributed by atoms with van der Waals surface area (Å²) in [7, 11) is 1.08. The third kappa shape index (κ3) is 6.63. The van der Waals surface area contributed by atoms with Crippen molar-refractivity contribution in [2.45, 2.75) is 57.7 Å². The smallest absolute Gasteiger partial charge is 0.191 e. The molecule has 1 aromatic rings. The van der Waals surface area contributed by atoms with Gasteiger partial charge in [0.15, 0.2) is 5.96 Å². The Morgan fingerprint density at radius 1 is 1.27 bits per heavy atom. The molecule has 26 heavy (non-hydrogen) atoms. The number of hydrogen-bond acceptors (Lipinski definition) is 3. The van der Waals surface area contributed by atoms with Gasteiger partial charge in [-0.15, -0.1) is 0 Å². The van der Waals surface area contributed by atoms with E-state index in [-0.39, 0.29) is 0 Å². The molecular formula is C20H33N3O2S. The van der Waals surface area contributed by atoms with Crippen molar-refractivity contribution in [3.05, 3.63) is 29.3 Å². The Morgan fingerprint density at radius 2 is 2.00 bits per heavy atom. The van der Waals surface area contributed by atoms with Crippen molar-refractivity contribution >= 4 is 16.8 Å². The lowest BCUT2D eigenvalue weighted by atomic mass is 9.95. The van der Waals surface area contributed by atoms with Crippen LogP contribution in [0.5, 0.6) is 5.75 Å². The fraction of sp³-hybridized carbons (Fsp3) is 0.650. The van der Waals surface area contributed by atoms with Gasteiger partial charge in [0.2, 0.25) is 0 Å². The number of benzene rings is 1. The van der Waals surface area contributed by atoms with Crippen LogP contribution in [0.4, 0.5) is 0 Å².